The number of piperidine rings is 1. The van der Waals surface area contributed by atoms with Crippen LogP contribution in [0.4, 0.5) is 0 Å². The summed E-state index contributed by atoms with van der Waals surface area (Å²) in [6.07, 6.45) is 2.74. The van der Waals surface area contributed by atoms with E-state index in [-0.39, 0.29) is 0 Å². The molecule has 0 N–H and O–H groups in total. The van der Waals surface area contributed by atoms with Gasteiger partial charge in [0.2, 0.25) is 0 Å². The van der Waals surface area contributed by atoms with Crippen molar-refractivity contribution in [1.82, 2.24) is 9.80 Å². The van der Waals surface area contributed by atoms with Gasteiger partial charge in [0.05, 0.1) is 0 Å². The van der Waals surface area contributed by atoms with E-state index in [0.717, 1.165) is 18.3 Å². The van der Waals surface area contributed by atoms with Crippen LogP contribution in [0.5, 0.6) is 0 Å². The highest BCUT2D eigenvalue weighted by atomic mass is 35.5. The second-order valence-electron chi connectivity index (χ2n) is 4.22. The average Bonchev–Trinajstić information content (AvgIpc) is 2.04. The molecular formula is C10H21ClN2. The first-order valence-electron chi connectivity index (χ1n) is 5.15. The molecule has 0 aromatic carbocycles. The molecule has 1 fully saturated rings. The largest absolute Gasteiger partial charge is 0.306 e. The predicted octanol–water partition coefficient (Wildman–Crippen LogP) is 1.50. The summed E-state index contributed by atoms with van der Waals surface area (Å²) in [4.78, 5) is 4.78. The standard InChI is InChI=1S/C10H21ClN2/c1-12-6-3-4-10(8-12)9-13(2)7-5-11/h10H,3-9H2,1-2H3. The molecule has 1 saturated heterocycles. The molecule has 0 spiro atoms. The number of nitrogens with zero attached hydrogens (tertiary/aromatic N) is 2. The predicted molar refractivity (Wildman–Crippen MR) is 58.4 cm³/mol. The second-order valence-corrected chi connectivity index (χ2v) is 4.60. The van der Waals surface area contributed by atoms with Crippen molar-refractivity contribution in [3.63, 3.8) is 0 Å². The molecule has 1 unspecified atom stereocenters. The lowest BCUT2D eigenvalue weighted by Gasteiger charge is -2.32. The van der Waals surface area contributed by atoms with Gasteiger partial charge < -0.3 is 9.80 Å². The minimum atomic E-state index is 0.749. The molecule has 0 radical (unpaired) electrons. The maximum atomic E-state index is 5.69. The Morgan fingerprint density at radius 2 is 2.31 bits per heavy atom. The van der Waals surface area contributed by atoms with E-state index in [9.17, 15) is 0 Å². The lowest BCUT2D eigenvalue weighted by Crippen LogP contribution is -2.38. The number of hydrogen-bond donors (Lipinski definition) is 0. The summed E-state index contributed by atoms with van der Waals surface area (Å²) >= 11 is 5.69. The molecule has 2 nitrogen and oxygen atoms in total. The van der Waals surface area contributed by atoms with Gasteiger partial charge in [-0.25, -0.2) is 0 Å². The smallest absolute Gasteiger partial charge is 0.0351 e. The van der Waals surface area contributed by atoms with Crippen molar-refractivity contribution >= 4 is 11.6 Å². The van der Waals surface area contributed by atoms with Gasteiger partial charge in [-0.1, -0.05) is 0 Å². The number of alkyl halides is 1. The zero-order chi connectivity index (χ0) is 9.68. The van der Waals surface area contributed by atoms with Crippen LogP contribution in [0.3, 0.4) is 0 Å². The van der Waals surface area contributed by atoms with E-state index >= 15 is 0 Å². The quantitative estimate of drug-likeness (QED) is 0.641. The lowest BCUT2D eigenvalue weighted by atomic mass is 9.98. The van der Waals surface area contributed by atoms with Gasteiger partial charge in [0, 0.05) is 25.5 Å². The summed E-state index contributed by atoms with van der Waals surface area (Å²) in [5, 5.41) is 0. The Morgan fingerprint density at radius 3 is 2.92 bits per heavy atom. The van der Waals surface area contributed by atoms with Crippen LogP contribution in [0.2, 0.25) is 0 Å². The summed E-state index contributed by atoms with van der Waals surface area (Å²) in [6.45, 7) is 4.75. The minimum Gasteiger partial charge on any atom is -0.306 e. The van der Waals surface area contributed by atoms with Crippen molar-refractivity contribution < 1.29 is 0 Å². The number of halogens is 1. The normalized spacial score (nSPS) is 25.4. The second kappa shape index (κ2) is 5.84. The molecule has 0 amide bonds. The Bertz CT molecular complexity index is 141. The van der Waals surface area contributed by atoms with E-state index in [1.54, 1.807) is 0 Å². The molecule has 1 aliphatic rings. The zero-order valence-electron chi connectivity index (χ0n) is 8.80. The molecule has 0 aliphatic carbocycles. The Balaban J connectivity index is 2.19. The van der Waals surface area contributed by atoms with Crippen molar-refractivity contribution in [2.24, 2.45) is 5.92 Å². The molecule has 0 bridgehead atoms. The summed E-state index contributed by atoms with van der Waals surface area (Å²) < 4.78 is 0. The van der Waals surface area contributed by atoms with E-state index in [2.05, 4.69) is 23.9 Å². The molecule has 0 aromatic rings. The Morgan fingerprint density at radius 1 is 1.54 bits per heavy atom. The van der Waals surface area contributed by atoms with Gasteiger partial charge in [0.1, 0.15) is 0 Å². The van der Waals surface area contributed by atoms with Crippen LogP contribution < -0.4 is 0 Å². The Hall–Kier alpha value is 0.210. The summed E-state index contributed by atoms with van der Waals surface area (Å²) in [7, 11) is 4.38. The SMILES string of the molecule is CN(CCCl)CC1CCCN(C)C1. The van der Waals surface area contributed by atoms with Crippen LogP contribution in [0.25, 0.3) is 0 Å². The fraction of sp³-hybridized carbons (Fsp3) is 1.00. The molecule has 3 heteroatoms. The minimum absolute atomic E-state index is 0.749. The summed E-state index contributed by atoms with van der Waals surface area (Å²) in [5.74, 6) is 1.60. The third-order valence-electron chi connectivity index (χ3n) is 2.76. The molecule has 1 atom stereocenters. The first-order valence-corrected chi connectivity index (χ1v) is 5.69. The number of rotatable bonds is 4. The molecule has 1 rings (SSSR count). The first-order chi connectivity index (χ1) is 6.22. The third-order valence-corrected chi connectivity index (χ3v) is 2.93. The Labute approximate surface area is 86.8 Å². The monoisotopic (exact) mass is 204 g/mol. The van der Waals surface area contributed by atoms with Crippen LogP contribution in [-0.2, 0) is 0 Å². The van der Waals surface area contributed by atoms with E-state index in [1.807, 2.05) is 0 Å². The van der Waals surface area contributed by atoms with Crippen molar-refractivity contribution in [3.8, 4) is 0 Å². The van der Waals surface area contributed by atoms with E-state index in [1.165, 1.54) is 32.5 Å². The number of likely N-dealkylation sites (tertiary alicyclic amines) is 1. The summed E-state index contributed by atoms with van der Waals surface area (Å²) in [5.41, 5.74) is 0. The van der Waals surface area contributed by atoms with Crippen molar-refractivity contribution in [1.29, 1.82) is 0 Å². The molecule has 1 aliphatic heterocycles. The molecule has 78 valence electrons. The fourth-order valence-corrected chi connectivity index (χ4v) is 2.39. The van der Waals surface area contributed by atoms with Crippen LogP contribution in [0.1, 0.15) is 12.8 Å². The van der Waals surface area contributed by atoms with Gasteiger partial charge >= 0.3 is 0 Å². The third kappa shape index (κ3) is 4.30. The van der Waals surface area contributed by atoms with Crippen LogP contribution in [-0.4, -0.2) is 56.0 Å². The van der Waals surface area contributed by atoms with Gasteiger partial charge in [-0.15, -0.1) is 11.6 Å². The molecule has 0 aromatic heterocycles. The molecule has 0 saturated carbocycles. The fourth-order valence-electron chi connectivity index (χ4n) is 2.10. The van der Waals surface area contributed by atoms with Gasteiger partial charge in [0.15, 0.2) is 0 Å². The maximum absolute atomic E-state index is 5.69. The van der Waals surface area contributed by atoms with Crippen LogP contribution in [0, 0.1) is 5.92 Å². The summed E-state index contributed by atoms with van der Waals surface area (Å²) in [6, 6.07) is 0. The highest BCUT2D eigenvalue weighted by molar-refractivity contribution is 6.18. The lowest BCUT2D eigenvalue weighted by molar-refractivity contribution is 0.170. The molecular weight excluding hydrogens is 184 g/mol. The van der Waals surface area contributed by atoms with E-state index in [0.29, 0.717) is 0 Å². The van der Waals surface area contributed by atoms with Crippen LogP contribution in [0.15, 0.2) is 0 Å². The molecule has 1 heterocycles. The first kappa shape index (κ1) is 11.3. The van der Waals surface area contributed by atoms with E-state index < -0.39 is 0 Å². The van der Waals surface area contributed by atoms with Gasteiger partial charge in [-0.05, 0) is 39.4 Å². The highest BCUT2D eigenvalue weighted by Gasteiger charge is 2.17. The van der Waals surface area contributed by atoms with Gasteiger partial charge in [-0.3, -0.25) is 0 Å². The van der Waals surface area contributed by atoms with E-state index in [4.69, 9.17) is 11.6 Å². The van der Waals surface area contributed by atoms with Crippen molar-refractivity contribution in [3.05, 3.63) is 0 Å². The highest BCUT2D eigenvalue weighted by Crippen LogP contribution is 2.15. The topological polar surface area (TPSA) is 6.48 Å². The van der Waals surface area contributed by atoms with Gasteiger partial charge in [0.25, 0.3) is 0 Å². The van der Waals surface area contributed by atoms with Gasteiger partial charge in [-0.2, -0.15) is 0 Å². The van der Waals surface area contributed by atoms with Crippen molar-refractivity contribution in [2.45, 2.75) is 12.8 Å². The molecule has 13 heavy (non-hydrogen) atoms. The number of hydrogen-bond acceptors (Lipinski definition) is 2. The van der Waals surface area contributed by atoms with Crippen LogP contribution >= 0.6 is 11.6 Å². The zero-order valence-corrected chi connectivity index (χ0v) is 9.56. The van der Waals surface area contributed by atoms with Crippen molar-refractivity contribution in [2.75, 3.05) is 46.2 Å². The Kier molecular flexibility index (Phi) is 5.07. The maximum Gasteiger partial charge on any atom is 0.0351 e. The average molecular weight is 205 g/mol.